The number of hydrogen-bond donors (Lipinski definition) is 1. The van der Waals surface area contributed by atoms with E-state index in [1.54, 1.807) is 4.90 Å². The van der Waals surface area contributed by atoms with Gasteiger partial charge in [0.1, 0.15) is 11.6 Å². The zero-order valence-electron chi connectivity index (χ0n) is 17.0. The van der Waals surface area contributed by atoms with Crippen LogP contribution in [0.4, 0.5) is 19.3 Å². The van der Waals surface area contributed by atoms with Crippen LogP contribution in [0.5, 0.6) is 0 Å². The number of urea groups is 1. The minimum atomic E-state index is -0.593. The highest BCUT2D eigenvalue weighted by atomic mass is 19.1. The van der Waals surface area contributed by atoms with Crippen molar-refractivity contribution in [2.45, 2.75) is 13.5 Å². The molecule has 30 heavy (non-hydrogen) atoms. The minimum absolute atomic E-state index is 0.0403. The number of carbonyl (C=O) groups is 2. The van der Waals surface area contributed by atoms with Crippen LogP contribution in [0.1, 0.15) is 22.8 Å². The van der Waals surface area contributed by atoms with E-state index in [9.17, 15) is 18.4 Å². The number of ketones is 1. The van der Waals surface area contributed by atoms with Crippen LogP contribution in [0, 0.1) is 11.6 Å². The first-order valence-corrected chi connectivity index (χ1v) is 9.99. The van der Waals surface area contributed by atoms with E-state index in [2.05, 4.69) is 11.8 Å². The van der Waals surface area contributed by atoms with Crippen molar-refractivity contribution in [3.05, 3.63) is 65.2 Å². The summed E-state index contributed by atoms with van der Waals surface area (Å²) < 4.78 is 28.1. The van der Waals surface area contributed by atoms with E-state index in [1.807, 2.05) is 0 Å². The maximum atomic E-state index is 14.7. The van der Waals surface area contributed by atoms with Crippen LogP contribution in [-0.2, 0) is 6.54 Å². The van der Waals surface area contributed by atoms with Crippen molar-refractivity contribution in [1.29, 1.82) is 0 Å². The largest absolute Gasteiger partial charge is 0.324 e. The van der Waals surface area contributed by atoms with Crippen LogP contribution < -0.4 is 10.6 Å². The predicted molar refractivity (Wildman–Crippen MR) is 111 cm³/mol. The average molecular weight is 416 g/mol. The Morgan fingerprint density at radius 3 is 2.27 bits per heavy atom. The average Bonchev–Trinajstić information content (AvgIpc) is 2.78. The van der Waals surface area contributed by atoms with Gasteiger partial charge in [0.2, 0.25) is 0 Å². The van der Waals surface area contributed by atoms with Crippen molar-refractivity contribution in [2.24, 2.45) is 5.73 Å². The van der Waals surface area contributed by atoms with Crippen molar-refractivity contribution in [2.75, 3.05) is 44.2 Å². The van der Waals surface area contributed by atoms with E-state index < -0.39 is 11.6 Å². The Bertz CT molecular complexity index is 897. The summed E-state index contributed by atoms with van der Waals surface area (Å²) in [7, 11) is 0. The number of piperazine rings is 1. The normalized spacial score (nSPS) is 14.6. The third-order valence-electron chi connectivity index (χ3n) is 5.35. The van der Waals surface area contributed by atoms with Gasteiger partial charge in [-0.05, 0) is 36.9 Å². The fraction of sp³-hybridized carbons (Fsp3) is 0.364. The number of rotatable bonds is 6. The second-order valence-electron chi connectivity index (χ2n) is 7.20. The summed E-state index contributed by atoms with van der Waals surface area (Å²) in [5.74, 6) is -1.37. The molecule has 2 aromatic rings. The first kappa shape index (κ1) is 21.9. The highest BCUT2D eigenvalue weighted by Crippen LogP contribution is 2.22. The van der Waals surface area contributed by atoms with Gasteiger partial charge in [-0.25, -0.2) is 13.6 Å². The number of hydrogen-bond acceptors (Lipinski definition) is 4. The molecule has 2 N–H and O–H groups in total. The molecule has 6 nitrogen and oxygen atoms in total. The molecule has 0 aliphatic carbocycles. The summed E-state index contributed by atoms with van der Waals surface area (Å²) in [4.78, 5) is 30.4. The van der Waals surface area contributed by atoms with Crippen LogP contribution in [0.15, 0.2) is 42.5 Å². The van der Waals surface area contributed by atoms with Gasteiger partial charge in [-0.3, -0.25) is 9.69 Å². The van der Waals surface area contributed by atoms with E-state index in [1.165, 1.54) is 41.3 Å². The molecule has 0 spiro atoms. The van der Waals surface area contributed by atoms with Crippen LogP contribution in [0.2, 0.25) is 0 Å². The summed E-state index contributed by atoms with van der Waals surface area (Å²) >= 11 is 0. The number of halogens is 2. The van der Waals surface area contributed by atoms with Gasteiger partial charge in [0.05, 0.1) is 13.1 Å². The molecule has 8 heteroatoms. The molecular formula is C22H26F2N4O2. The molecule has 1 aliphatic heterocycles. The van der Waals surface area contributed by atoms with E-state index in [-0.39, 0.29) is 36.0 Å². The summed E-state index contributed by atoms with van der Waals surface area (Å²) in [6, 6.07) is 9.39. The number of Topliss-reactive ketones (excluding diaryl/α,β-unsaturated/α-hetero) is 1. The molecule has 1 aliphatic rings. The molecule has 2 amide bonds. The molecule has 1 saturated heterocycles. The molecule has 160 valence electrons. The first-order chi connectivity index (χ1) is 14.4. The van der Waals surface area contributed by atoms with Gasteiger partial charge in [0.15, 0.2) is 5.78 Å². The number of likely N-dealkylation sites (N-methyl/N-ethyl adjacent to an activating group) is 1. The van der Waals surface area contributed by atoms with Crippen molar-refractivity contribution >= 4 is 17.5 Å². The number of amides is 2. The SMILES string of the molecule is CCN1CCN(C(=O)N(Cc2ccc(C(=O)CN)cc2F)c2ccc(F)cc2)CC1. The topological polar surface area (TPSA) is 69.9 Å². The smallest absolute Gasteiger partial charge is 0.324 e. The molecular weight excluding hydrogens is 390 g/mol. The highest BCUT2D eigenvalue weighted by Gasteiger charge is 2.27. The summed E-state index contributed by atoms with van der Waals surface area (Å²) in [5.41, 5.74) is 6.26. The van der Waals surface area contributed by atoms with Gasteiger partial charge < -0.3 is 15.5 Å². The zero-order chi connectivity index (χ0) is 21.7. The fourth-order valence-corrected chi connectivity index (χ4v) is 3.45. The van der Waals surface area contributed by atoms with Crippen molar-refractivity contribution in [3.63, 3.8) is 0 Å². The maximum Gasteiger partial charge on any atom is 0.324 e. The number of nitrogens with zero attached hydrogens (tertiary/aromatic N) is 3. The second-order valence-corrected chi connectivity index (χ2v) is 7.20. The Hall–Kier alpha value is -2.84. The molecule has 1 heterocycles. The Labute approximate surface area is 174 Å². The lowest BCUT2D eigenvalue weighted by Gasteiger charge is -2.37. The van der Waals surface area contributed by atoms with Crippen molar-refractivity contribution < 1.29 is 18.4 Å². The molecule has 3 rings (SSSR count). The van der Waals surface area contributed by atoms with Crippen LogP contribution >= 0.6 is 0 Å². The third-order valence-corrected chi connectivity index (χ3v) is 5.35. The van der Waals surface area contributed by atoms with E-state index in [4.69, 9.17) is 5.73 Å². The van der Waals surface area contributed by atoms with E-state index in [0.29, 0.717) is 18.8 Å². The summed E-state index contributed by atoms with van der Waals surface area (Å²) in [5, 5.41) is 0. The fourth-order valence-electron chi connectivity index (χ4n) is 3.45. The second kappa shape index (κ2) is 9.77. The van der Waals surface area contributed by atoms with E-state index >= 15 is 0 Å². The third kappa shape index (κ3) is 5.01. The Balaban J connectivity index is 1.86. The first-order valence-electron chi connectivity index (χ1n) is 9.99. The summed E-state index contributed by atoms with van der Waals surface area (Å²) in [6.07, 6.45) is 0. The van der Waals surface area contributed by atoms with Gasteiger partial charge in [-0.1, -0.05) is 19.1 Å². The van der Waals surface area contributed by atoms with Gasteiger partial charge >= 0.3 is 6.03 Å². The minimum Gasteiger partial charge on any atom is -0.324 e. The lowest BCUT2D eigenvalue weighted by Crippen LogP contribution is -2.52. The molecule has 0 radical (unpaired) electrons. The molecule has 1 fully saturated rings. The zero-order valence-corrected chi connectivity index (χ0v) is 17.0. The van der Waals surface area contributed by atoms with Gasteiger partial charge in [0, 0.05) is 43.0 Å². The van der Waals surface area contributed by atoms with Crippen LogP contribution in [-0.4, -0.2) is 60.9 Å². The quantitative estimate of drug-likeness (QED) is 0.736. The molecule has 0 unspecified atom stereocenters. The maximum absolute atomic E-state index is 14.7. The lowest BCUT2D eigenvalue weighted by atomic mass is 10.1. The number of nitrogens with two attached hydrogens (primary N) is 1. The monoisotopic (exact) mass is 416 g/mol. The highest BCUT2D eigenvalue weighted by molar-refractivity contribution is 5.97. The van der Waals surface area contributed by atoms with Gasteiger partial charge in [-0.15, -0.1) is 0 Å². The van der Waals surface area contributed by atoms with Gasteiger partial charge in [0.25, 0.3) is 0 Å². The molecule has 0 atom stereocenters. The Morgan fingerprint density at radius 2 is 1.70 bits per heavy atom. The standard InChI is InChI=1S/C22H26F2N4O2/c1-2-26-9-11-27(12-10-26)22(30)28(19-7-5-18(23)6-8-19)15-17-4-3-16(13-20(17)24)21(29)14-25/h3-8,13H,2,9-12,14-15,25H2,1H3. The summed E-state index contributed by atoms with van der Waals surface area (Å²) in [6.45, 7) is 5.41. The van der Waals surface area contributed by atoms with Gasteiger partial charge in [-0.2, -0.15) is 0 Å². The number of carbonyl (C=O) groups excluding carboxylic acids is 2. The van der Waals surface area contributed by atoms with Crippen LogP contribution in [0.25, 0.3) is 0 Å². The van der Waals surface area contributed by atoms with Crippen LogP contribution in [0.3, 0.4) is 0 Å². The number of benzene rings is 2. The Kier molecular flexibility index (Phi) is 7.12. The van der Waals surface area contributed by atoms with Crippen molar-refractivity contribution in [1.82, 2.24) is 9.80 Å². The van der Waals surface area contributed by atoms with Crippen molar-refractivity contribution in [3.8, 4) is 0 Å². The Morgan fingerprint density at radius 1 is 1.03 bits per heavy atom. The predicted octanol–water partition coefficient (Wildman–Crippen LogP) is 2.87. The molecule has 0 aromatic heterocycles. The van der Waals surface area contributed by atoms with E-state index in [0.717, 1.165) is 25.7 Å². The number of anilines is 1. The molecule has 2 aromatic carbocycles. The molecule has 0 bridgehead atoms. The lowest BCUT2D eigenvalue weighted by molar-refractivity contribution is 0.100. The molecule has 0 saturated carbocycles.